The van der Waals surface area contributed by atoms with Crippen LogP contribution >= 0.6 is 0 Å². The van der Waals surface area contributed by atoms with Gasteiger partial charge in [0.15, 0.2) is 6.61 Å². The predicted octanol–water partition coefficient (Wildman–Crippen LogP) is 2.10. The molecule has 140 valence electrons. The molecule has 0 saturated carbocycles. The third kappa shape index (κ3) is 4.84. The Morgan fingerprint density at radius 1 is 1.04 bits per heavy atom. The quantitative estimate of drug-likeness (QED) is 0.558. The van der Waals surface area contributed by atoms with E-state index in [4.69, 9.17) is 4.74 Å². The lowest BCUT2D eigenvalue weighted by Crippen LogP contribution is -2.36. The van der Waals surface area contributed by atoms with Crippen LogP contribution in [0, 0.1) is 13.8 Å². The number of aryl methyl sites for hydroxylation is 2. The molecule has 0 aliphatic carbocycles. The highest BCUT2D eigenvalue weighted by Crippen LogP contribution is 2.16. The van der Waals surface area contributed by atoms with E-state index in [1.165, 1.54) is 5.56 Å². The lowest BCUT2D eigenvalue weighted by Gasteiger charge is -2.10. The molecular formula is C20H22N4O3. The molecule has 2 aromatic carbocycles. The molecule has 1 aromatic heterocycles. The smallest absolute Gasteiger partial charge is 0.258 e. The van der Waals surface area contributed by atoms with Gasteiger partial charge in [-0.25, -0.2) is 4.98 Å². The Morgan fingerprint density at radius 3 is 2.67 bits per heavy atom. The van der Waals surface area contributed by atoms with Gasteiger partial charge in [0.1, 0.15) is 5.75 Å². The van der Waals surface area contributed by atoms with Crippen LogP contribution in [0.4, 0.5) is 0 Å². The van der Waals surface area contributed by atoms with Gasteiger partial charge in [-0.3, -0.25) is 9.59 Å². The molecule has 3 N–H and O–H groups in total. The van der Waals surface area contributed by atoms with Gasteiger partial charge in [-0.15, -0.1) is 0 Å². The van der Waals surface area contributed by atoms with E-state index in [1.807, 2.05) is 32.0 Å². The zero-order chi connectivity index (χ0) is 19.2. The van der Waals surface area contributed by atoms with Crippen LogP contribution in [0.25, 0.3) is 11.0 Å². The number of hydrogen-bond acceptors (Lipinski definition) is 4. The second-order valence-corrected chi connectivity index (χ2v) is 6.28. The number of H-pyrrole nitrogens is 1. The van der Waals surface area contributed by atoms with Crippen molar-refractivity contribution < 1.29 is 14.3 Å². The average Bonchev–Trinajstić information content (AvgIpc) is 3.13. The topological polar surface area (TPSA) is 96.1 Å². The highest BCUT2D eigenvalue weighted by atomic mass is 16.5. The van der Waals surface area contributed by atoms with E-state index in [9.17, 15) is 9.59 Å². The summed E-state index contributed by atoms with van der Waals surface area (Å²) >= 11 is 0. The summed E-state index contributed by atoms with van der Waals surface area (Å²) < 4.78 is 5.48. The first-order chi connectivity index (χ1) is 13.0. The maximum absolute atomic E-state index is 12.1. The first-order valence-electron chi connectivity index (χ1n) is 8.71. The fourth-order valence-electron chi connectivity index (χ4n) is 2.56. The molecule has 3 aromatic rings. The normalized spacial score (nSPS) is 10.6. The largest absolute Gasteiger partial charge is 0.484 e. The second kappa shape index (κ2) is 8.35. The van der Waals surface area contributed by atoms with E-state index in [0.29, 0.717) is 24.4 Å². The maximum atomic E-state index is 12.1. The van der Waals surface area contributed by atoms with Gasteiger partial charge in [-0.1, -0.05) is 6.07 Å². The Balaban J connectivity index is 1.38. The summed E-state index contributed by atoms with van der Waals surface area (Å²) in [5.74, 6) is 0.226. The van der Waals surface area contributed by atoms with Crippen molar-refractivity contribution in [3.05, 3.63) is 59.4 Å². The SMILES string of the molecule is Cc1ccc(OCC(=O)NCCNC(=O)c2ccc3nc[nH]c3c2)cc1C. The van der Waals surface area contributed by atoms with Crippen molar-refractivity contribution in [2.45, 2.75) is 13.8 Å². The van der Waals surface area contributed by atoms with Crippen molar-refractivity contribution in [1.82, 2.24) is 20.6 Å². The van der Waals surface area contributed by atoms with Crippen LogP contribution in [0.1, 0.15) is 21.5 Å². The van der Waals surface area contributed by atoms with E-state index in [2.05, 4.69) is 20.6 Å². The number of amides is 2. The Bertz CT molecular complexity index is 965. The van der Waals surface area contributed by atoms with Crippen LogP contribution < -0.4 is 15.4 Å². The van der Waals surface area contributed by atoms with Crippen LogP contribution in [-0.2, 0) is 4.79 Å². The van der Waals surface area contributed by atoms with Gasteiger partial charge in [0.25, 0.3) is 11.8 Å². The van der Waals surface area contributed by atoms with E-state index in [-0.39, 0.29) is 18.4 Å². The van der Waals surface area contributed by atoms with Gasteiger partial charge in [0.2, 0.25) is 0 Å². The molecule has 0 bridgehead atoms. The van der Waals surface area contributed by atoms with Gasteiger partial charge in [0.05, 0.1) is 17.4 Å². The lowest BCUT2D eigenvalue weighted by molar-refractivity contribution is -0.123. The van der Waals surface area contributed by atoms with Crippen LogP contribution in [0.2, 0.25) is 0 Å². The molecule has 2 amide bonds. The summed E-state index contributed by atoms with van der Waals surface area (Å²) in [4.78, 5) is 31.1. The van der Waals surface area contributed by atoms with Gasteiger partial charge >= 0.3 is 0 Å². The second-order valence-electron chi connectivity index (χ2n) is 6.28. The summed E-state index contributed by atoms with van der Waals surface area (Å²) in [6.07, 6.45) is 1.59. The average molecular weight is 366 g/mol. The van der Waals surface area contributed by atoms with E-state index < -0.39 is 0 Å². The molecule has 1 heterocycles. The maximum Gasteiger partial charge on any atom is 0.258 e. The number of carbonyl (C=O) groups excluding carboxylic acids is 2. The zero-order valence-electron chi connectivity index (χ0n) is 15.3. The van der Waals surface area contributed by atoms with Gasteiger partial charge < -0.3 is 20.4 Å². The third-order valence-electron chi connectivity index (χ3n) is 4.26. The number of imidazole rings is 1. The van der Waals surface area contributed by atoms with Gasteiger partial charge in [-0.05, 0) is 55.3 Å². The first-order valence-corrected chi connectivity index (χ1v) is 8.71. The first kappa shape index (κ1) is 18.4. The summed E-state index contributed by atoms with van der Waals surface area (Å²) in [6.45, 7) is 4.61. The number of aromatic amines is 1. The van der Waals surface area contributed by atoms with Crippen molar-refractivity contribution in [2.75, 3.05) is 19.7 Å². The molecular weight excluding hydrogens is 344 g/mol. The van der Waals surface area contributed by atoms with Gasteiger partial charge in [0, 0.05) is 18.7 Å². The van der Waals surface area contributed by atoms with E-state index in [0.717, 1.165) is 16.6 Å². The van der Waals surface area contributed by atoms with Crippen molar-refractivity contribution in [3.8, 4) is 5.75 Å². The fourth-order valence-corrected chi connectivity index (χ4v) is 2.56. The summed E-state index contributed by atoms with van der Waals surface area (Å²) in [7, 11) is 0. The molecule has 0 unspecified atom stereocenters. The Hall–Kier alpha value is -3.35. The Kier molecular flexibility index (Phi) is 5.71. The summed E-state index contributed by atoms with van der Waals surface area (Å²) in [5, 5.41) is 5.49. The number of rotatable bonds is 7. The monoisotopic (exact) mass is 366 g/mol. The van der Waals surface area contributed by atoms with E-state index >= 15 is 0 Å². The zero-order valence-corrected chi connectivity index (χ0v) is 15.3. The predicted molar refractivity (Wildman–Crippen MR) is 103 cm³/mol. The minimum Gasteiger partial charge on any atom is -0.484 e. The molecule has 7 nitrogen and oxygen atoms in total. The van der Waals surface area contributed by atoms with Gasteiger partial charge in [-0.2, -0.15) is 0 Å². The lowest BCUT2D eigenvalue weighted by atomic mass is 10.1. The number of aromatic nitrogens is 2. The summed E-state index contributed by atoms with van der Waals surface area (Å²) in [6, 6.07) is 10.9. The molecule has 0 saturated heterocycles. The molecule has 0 aliphatic rings. The van der Waals surface area contributed by atoms with Crippen LogP contribution in [0.15, 0.2) is 42.7 Å². The Labute approximate surface area is 157 Å². The molecule has 7 heteroatoms. The molecule has 0 fully saturated rings. The number of ether oxygens (including phenoxy) is 1. The highest BCUT2D eigenvalue weighted by Gasteiger charge is 2.08. The minimum absolute atomic E-state index is 0.0626. The number of benzene rings is 2. The van der Waals surface area contributed by atoms with Crippen LogP contribution in [-0.4, -0.2) is 41.5 Å². The third-order valence-corrected chi connectivity index (χ3v) is 4.26. The highest BCUT2D eigenvalue weighted by molar-refractivity contribution is 5.97. The van der Waals surface area contributed by atoms with Crippen molar-refractivity contribution in [2.24, 2.45) is 0 Å². The molecule has 3 rings (SSSR count). The number of carbonyl (C=O) groups is 2. The summed E-state index contributed by atoms with van der Waals surface area (Å²) in [5.41, 5.74) is 4.44. The molecule has 27 heavy (non-hydrogen) atoms. The number of fused-ring (bicyclic) bond motifs is 1. The number of nitrogens with zero attached hydrogens (tertiary/aromatic N) is 1. The standard InChI is InChI=1S/C20H22N4O3/c1-13-3-5-16(9-14(13)2)27-11-19(25)21-7-8-22-20(26)15-4-6-17-18(10-15)24-12-23-17/h3-6,9-10,12H,7-8,11H2,1-2H3,(H,21,25)(H,22,26)(H,23,24). The number of hydrogen-bond donors (Lipinski definition) is 3. The molecule has 0 aliphatic heterocycles. The molecule has 0 atom stereocenters. The van der Waals surface area contributed by atoms with E-state index in [1.54, 1.807) is 24.5 Å². The van der Waals surface area contributed by atoms with Crippen molar-refractivity contribution in [3.63, 3.8) is 0 Å². The Morgan fingerprint density at radius 2 is 1.85 bits per heavy atom. The van der Waals surface area contributed by atoms with Crippen LogP contribution in [0.5, 0.6) is 5.75 Å². The minimum atomic E-state index is -0.235. The van der Waals surface area contributed by atoms with Crippen molar-refractivity contribution in [1.29, 1.82) is 0 Å². The molecule has 0 radical (unpaired) electrons. The fraction of sp³-hybridized carbons (Fsp3) is 0.250. The van der Waals surface area contributed by atoms with Crippen LogP contribution in [0.3, 0.4) is 0 Å². The number of nitrogens with one attached hydrogen (secondary N) is 3. The van der Waals surface area contributed by atoms with Crippen molar-refractivity contribution >= 4 is 22.8 Å². The molecule has 0 spiro atoms.